The summed E-state index contributed by atoms with van der Waals surface area (Å²) >= 11 is 0. The molecule has 0 aliphatic rings. The number of ether oxygens (including phenoxy) is 1. The fraction of sp³-hybridized carbons (Fsp3) is 0.500. The van der Waals surface area contributed by atoms with E-state index in [0.29, 0.717) is 6.54 Å². The number of carbonyl (C=O) groups is 1. The van der Waals surface area contributed by atoms with Crippen LogP contribution in [0.4, 0.5) is 0 Å². The van der Waals surface area contributed by atoms with Crippen molar-refractivity contribution >= 4 is 5.97 Å². The Hall–Kier alpha value is -1.46. The molecule has 0 fully saturated rings. The fourth-order valence-electron chi connectivity index (χ4n) is 1.50. The highest BCUT2D eigenvalue weighted by Crippen LogP contribution is 2.05. The number of esters is 1. The molecular formula is C12H18N2O3. The number of methoxy groups -OCH3 is 1. The zero-order valence-corrected chi connectivity index (χ0v) is 10.3. The Balaban J connectivity index is 2.64. The monoisotopic (exact) mass is 238 g/mol. The number of hydrogen-bond acceptors (Lipinski definition) is 5. The molecule has 0 saturated heterocycles. The minimum absolute atomic E-state index is 0.463. The maximum Gasteiger partial charge on any atom is 0.325 e. The summed E-state index contributed by atoms with van der Waals surface area (Å²) < 4.78 is 4.62. The largest absolute Gasteiger partial charge is 0.468 e. The third kappa shape index (κ3) is 3.80. The molecule has 94 valence electrons. The molecule has 1 aromatic rings. The number of pyridine rings is 1. The Morgan fingerprint density at radius 3 is 2.88 bits per heavy atom. The van der Waals surface area contributed by atoms with Crippen molar-refractivity contribution in [3.8, 4) is 0 Å². The van der Waals surface area contributed by atoms with Gasteiger partial charge in [-0.05, 0) is 25.5 Å². The van der Waals surface area contributed by atoms with E-state index in [9.17, 15) is 9.90 Å². The lowest BCUT2D eigenvalue weighted by molar-refractivity contribution is -0.145. The van der Waals surface area contributed by atoms with Gasteiger partial charge < -0.3 is 9.84 Å². The van der Waals surface area contributed by atoms with Gasteiger partial charge >= 0.3 is 5.97 Å². The summed E-state index contributed by atoms with van der Waals surface area (Å²) in [7, 11) is 1.30. The van der Waals surface area contributed by atoms with Gasteiger partial charge in [0.15, 0.2) is 0 Å². The molecular weight excluding hydrogens is 220 g/mol. The summed E-state index contributed by atoms with van der Waals surface area (Å²) in [6, 6.07) is 3.03. The lowest BCUT2D eigenvalue weighted by Gasteiger charge is -2.19. The molecule has 0 bridgehead atoms. The van der Waals surface area contributed by atoms with Crippen molar-refractivity contribution in [2.75, 3.05) is 7.11 Å². The zero-order chi connectivity index (χ0) is 12.8. The first-order chi connectivity index (χ1) is 8.06. The van der Waals surface area contributed by atoms with Crippen LogP contribution in [0.5, 0.6) is 0 Å². The molecule has 2 unspecified atom stereocenters. The summed E-state index contributed by atoms with van der Waals surface area (Å²) in [4.78, 5) is 15.5. The van der Waals surface area contributed by atoms with Gasteiger partial charge in [0.25, 0.3) is 0 Å². The van der Waals surface area contributed by atoms with Crippen LogP contribution in [0.25, 0.3) is 0 Å². The molecule has 1 aromatic heterocycles. The third-order valence-electron chi connectivity index (χ3n) is 2.57. The molecule has 0 amide bonds. The van der Waals surface area contributed by atoms with E-state index < -0.39 is 18.1 Å². The Bertz CT molecular complexity index is 380. The normalized spacial score (nSPS) is 14.1. The summed E-state index contributed by atoms with van der Waals surface area (Å²) in [5.74, 6) is -0.471. The lowest BCUT2D eigenvalue weighted by atomic mass is 10.1. The quantitative estimate of drug-likeness (QED) is 0.727. The maximum absolute atomic E-state index is 11.4. The first kappa shape index (κ1) is 13.6. The fourth-order valence-corrected chi connectivity index (χ4v) is 1.50. The maximum atomic E-state index is 11.4. The van der Waals surface area contributed by atoms with E-state index in [1.165, 1.54) is 7.11 Å². The number of aliphatic hydroxyl groups is 1. The Morgan fingerprint density at radius 1 is 1.65 bits per heavy atom. The molecule has 2 N–H and O–H groups in total. The molecule has 5 heteroatoms. The van der Waals surface area contributed by atoms with Gasteiger partial charge in [-0.3, -0.25) is 15.1 Å². The van der Waals surface area contributed by atoms with Crippen LogP contribution in [0.1, 0.15) is 18.2 Å². The molecule has 0 aliphatic carbocycles. The Kier molecular flexibility index (Phi) is 5.06. The van der Waals surface area contributed by atoms with Gasteiger partial charge in [-0.25, -0.2) is 0 Å². The van der Waals surface area contributed by atoms with Crippen molar-refractivity contribution in [1.29, 1.82) is 0 Å². The van der Waals surface area contributed by atoms with E-state index in [1.54, 1.807) is 13.1 Å². The molecule has 0 spiro atoms. The predicted molar refractivity (Wildman–Crippen MR) is 63.3 cm³/mol. The number of hydrogen-bond donors (Lipinski definition) is 2. The zero-order valence-electron chi connectivity index (χ0n) is 10.3. The Labute approximate surface area is 101 Å². The van der Waals surface area contributed by atoms with Gasteiger partial charge in [0.1, 0.15) is 6.04 Å². The molecule has 17 heavy (non-hydrogen) atoms. The van der Waals surface area contributed by atoms with E-state index in [4.69, 9.17) is 0 Å². The predicted octanol–water partition coefficient (Wildman–Crippen LogP) is 0.402. The summed E-state index contributed by atoms with van der Waals surface area (Å²) in [5.41, 5.74) is 1.89. The van der Waals surface area contributed by atoms with Crippen molar-refractivity contribution < 1.29 is 14.6 Å². The minimum atomic E-state index is -0.806. The van der Waals surface area contributed by atoms with Gasteiger partial charge in [-0.2, -0.15) is 0 Å². The van der Waals surface area contributed by atoms with Crippen molar-refractivity contribution in [3.63, 3.8) is 0 Å². The van der Waals surface area contributed by atoms with E-state index in [-0.39, 0.29) is 0 Å². The average Bonchev–Trinajstić information content (AvgIpc) is 2.30. The molecule has 0 saturated carbocycles. The summed E-state index contributed by atoms with van der Waals surface area (Å²) in [5, 5.41) is 12.4. The van der Waals surface area contributed by atoms with Crippen molar-refractivity contribution in [1.82, 2.24) is 10.3 Å². The van der Waals surface area contributed by atoms with Crippen LogP contribution >= 0.6 is 0 Å². The Morgan fingerprint density at radius 2 is 2.35 bits per heavy atom. The van der Waals surface area contributed by atoms with E-state index in [1.807, 2.05) is 19.1 Å². The third-order valence-corrected chi connectivity index (χ3v) is 2.57. The average molecular weight is 238 g/mol. The van der Waals surface area contributed by atoms with Crippen LogP contribution in [-0.4, -0.2) is 35.3 Å². The van der Waals surface area contributed by atoms with E-state index in [0.717, 1.165) is 11.3 Å². The van der Waals surface area contributed by atoms with Gasteiger partial charge in [0, 0.05) is 18.4 Å². The SMILES string of the molecule is COC(=O)C(NCc1cccnc1C)C(C)O. The molecule has 0 aliphatic heterocycles. The summed E-state index contributed by atoms with van der Waals surface area (Å²) in [6.07, 6.45) is 0.907. The van der Waals surface area contributed by atoms with Crippen molar-refractivity contribution in [2.24, 2.45) is 0 Å². The molecule has 2 atom stereocenters. The van der Waals surface area contributed by atoms with Crippen molar-refractivity contribution in [3.05, 3.63) is 29.6 Å². The number of carbonyl (C=O) groups excluding carboxylic acids is 1. The molecule has 1 heterocycles. The molecule has 0 radical (unpaired) electrons. The van der Waals surface area contributed by atoms with Crippen LogP contribution in [0.2, 0.25) is 0 Å². The van der Waals surface area contributed by atoms with E-state index in [2.05, 4.69) is 15.0 Å². The second-order valence-corrected chi connectivity index (χ2v) is 3.87. The highest BCUT2D eigenvalue weighted by molar-refractivity contribution is 5.76. The molecule has 5 nitrogen and oxygen atoms in total. The standard InChI is InChI=1S/C12H18N2O3/c1-8-10(5-4-6-13-8)7-14-11(9(2)15)12(16)17-3/h4-6,9,11,14-15H,7H2,1-3H3. The lowest BCUT2D eigenvalue weighted by Crippen LogP contribution is -2.45. The van der Waals surface area contributed by atoms with Gasteiger partial charge in [-0.15, -0.1) is 0 Å². The minimum Gasteiger partial charge on any atom is -0.468 e. The van der Waals surface area contributed by atoms with E-state index >= 15 is 0 Å². The second-order valence-electron chi connectivity index (χ2n) is 3.87. The number of aryl methyl sites for hydroxylation is 1. The number of rotatable bonds is 5. The first-order valence-electron chi connectivity index (χ1n) is 5.46. The number of aromatic nitrogens is 1. The van der Waals surface area contributed by atoms with Gasteiger partial charge in [0.05, 0.1) is 13.2 Å². The molecule has 0 aromatic carbocycles. The summed E-state index contributed by atoms with van der Waals surface area (Å²) in [6.45, 7) is 3.90. The van der Waals surface area contributed by atoms with Crippen LogP contribution in [0, 0.1) is 6.92 Å². The molecule has 1 rings (SSSR count). The first-order valence-corrected chi connectivity index (χ1v) is 5.46. The highest BCUT2D eigenvalue weighted by Gasteiger charge is 2.23. The number of aliphatic hydroxyl groups excluding tert-OH is 1. The van der Waals surface area contributed by atoms with Gasteiger partial charge in [0.2, 0.25) is 0 Å². The highest BCUT2D eigenvalue weighted by atomic mass is 16.5. The van der Waals surface area contributed by atoms with Crippen molar-refractivity contribution in [2.45, 2.75) is 32.5 Å². The number of nitrogens with zero attached hydrogens (tertiary/aromatic N) is 1. The smallest absolute Gasteiger partial charge is 0.325 e. The number of nitrogens with one attached hydrogen (secondary N) is 1. The van der Waals surface area contributed by atoms with Crippen LogP contribution in [0.15, 0.2) is 18.3 Å². The second kappa shape index (κ2) is 6.32. The van der Waals surface area contributed by atoms with Crippen LogP contribution < -0.4 is 5.32 Å². The van der Waals surface area contributed by atoms with Crippen LogP contribution in [-0.2, 0) is 16.1 Å². The topological polar surface area (TPSA) is 71.5 Å². The van der Waals surface area contributed by atoms with Gasteiger partial charge in [-0.1, -0.05) is 6.07 Å². The van der Waals surface area contributed by atoms with Crippen LogP contribution in [0.3, 0.4) is 0 Å².